The van der Waals surface area contributed by atoms with E-state index in [-0.39, 0.29) is 0 Å². The Morgan fingerprint density at radius 3 is 2.88 bits per heavy atom. The maximum atomic E-state index is 9.81. The van der Waals surface area contributed by atoms with Crippen LogP contribution in [0, 0.1) is 0 Å². The van der Waals surface area contributed by atoms with Gasteiger partial charge in [0, 0.05) is 19.7 Å². The molecular formula is C10H14ClN5O. The summed E-state index contributed by atoms with van der Waals surface area (Å²) in [7, 11) is 1.85. The molecule has 0 spiro atoms. The molecule has 0 amide bonds. The third kappa shape index (κ3) is 2.65. The van der Waals surface area contributed by atoms with Crippen LogP contribution in [-0.4, -0.2) is 43.9 Å². The highest BCUT2D eigenvalue weighted by Gasteiger charge is 2.18. The van der Waals surface area contributed by atoms with Crippen molar-refractivity contribution in [3.8, 4) is 0 Å². The van der Waals surface area contributed by atoms with Gasteiger partial charge in [-0.15, -0.1) is 0 Å². The van der Waals surface area contributed by atoms with Gasteiger partial charge in [0.15, 0.2) is 0 Å². The predicted octanol–water partition coefficient (Wildman–Crippen LogP) is 0.985. The van der Waals surface area contributed by atoms with Crippen LogP contribution >= 0.6 is 11.6 Å². The van der Waals surface area contributed by atoms with Gasteiger partial charge in [0.25, 0.3) is 5.78 Å². The summed E-state index contributed by atoms with van der Waals surface area (Å²) in [5.41, 5.74) is -0.808. The van der Waals surface area contributed by atoms with E-state index in [1.807, 2.05) is 11.9 Å². The highest BCUT2D eigenvalue weighted by Crippen LogP contribution is 2.19. The van der Waals surface area contributed by atoms with Crippen molar-refractivity contribution >= 4 is 23.2 Å². The average Bonchev–Trinajstić information content (AvgIpc) is 2.60. The van der Waals surface area contributed by atoms with Crippen LogP contribution < -0.4 is 4.90 Å². The zero-order chi connectivity index (χ0) is 12.6. The molecule has 0 bridgehead atoms. The summed E-state index contributed by atoms with van der Waals surface area (Å²) in [5, 5.41) is 14.2. The SMILES string of the molecule is CN(CC(C)(C)O)c1cc(Cl)nc2ncnn12. The predicted molar refractivity (Wildman–Crippen MR) is 65.4 cm³/mol. The first-order valence-electron chi connectivity index (χ1n) is 5.16. The van der Waals surface area contributed by atoms with E-state index in [0.717, 1.165) is 5.82 Å². The van der Waals surface area contributed by atoms with Crippen LogP contribution in [0.5, 0.6) is 0 Å². The van der Waals surface area contributed by atoms with Crippen molar-refractivity contribution in [2.24, 2.45) is 0 Å². The third-order valence-electron chi connectivity index (χ3n) is 2.22. The Morgan fingerprint density at radius 2 is 2.24 bits per heavy atom. The van der Waals surface area contributed by atoms with Gasteiger partial charge >= 0.3 is 0 Å². The van der Waals surface area contributed by atoms with Crippen LogP contribution in [-0.2, 0) is 0 Å². The summed E-state index contributed by atoms with van der Waals surface area (Å²) < 4.78 is 1.58. The standard InChI is InChI=1S/C10H14ClN5O/c1-10(2,17)5-15(3)8-4-7(11)14-9-12-6-13-16(8)9/h4,6,17H,5H2,1-3H3. The zero-order valence-electron chi connectivity index (χ0n) is 9.92. The van der Waals surface area contributed by atoms with Crippen molar-refractivity contribution in [1.29, 1.82) is 0 Å². The highest BCUT2D eigenvalue weighted by molar-refractivity contribution is 6.29. The fraction of sp³-hybridized carbons (Fsp3) is 0.500. The summed E-state index contributed by atoms with van der Waals surface area (Å²) >= 11 is 5.91. The van der Waals surface area contributed by atoms with Crippen LogP contribution in [0.3, 0.4) is 0 Å². The monoisotopic (exact) mass is 255 g/mol. The van der Waals surface area contributed by atoms with Crippen LogP contribution in [0.4, 0.5) is 5.82 Å². The Balaban J connectivity index is 2.43. The molecule has 0 atom stereocenters. The van der Waals surface area contributed by atoms with Crippen LogP contribution in [0.15, 0.2) is 12.4 Å². The molecule has 92 valence electrons. The minimum Gasteiger partial charge on any atom is -0.389 e. The van der Waals surface area contributed by atoms with E-state index < -0.39 is 5.60 Å². The normalized spacial score (nSPS) is 12.1. The molecule has 17 heavy (non-hydrogen) atoms. The summed E-state index contributed by atoms with van der Waals surface area (Å²) in [4.78, 5) is 9.88. The summed E-state index contributed by atoms with van der Waals surface area (Å²) in [5.74, 6) is 1.18. The third-order valence-corrected chi connectivity index (χ3v) is 2.41. The summed E-state index contributed by atoms with van der Waals surface area (Å²) in [6.45, 7) is 3.93. The van der Waals surface area contributed by atoms with E-state index in [9.17, 15) is 5.11 Å². The maximum absolute atomic E-state index is 9.81. The minimum atomic E-state index is -0.808. The molecule has 0 radical (unpaired) electrons. The molecule has 0 saturated carbocycles. The smallest absolute Gasteiger partial charge is 0.255 e. The number of hydrogen-bond donors (Lipinski definition) is 1. The van der Waals surface area contributed by atoms with Crippen molar-refractivity contribution < 1.29 is 5.11 Å². The second-order valence-electron chi connectivity index (χ2n) is 4.58. The second kappa shape index (κ2) is 4.12. The molecule has 2 rings (SSSR count). The topological polar surface area (TPSA) is 66.5 Å². The molecule has 0 aliphatic rings. The van der Waals surface area contributed by atoms with Gasteiger partial charge in [-0.1, -0.05) is 11.6 Å². The first kappa shape index (κ1) is 12.1. The van der Waals surface area contributed by atoms with Crippen molar-refractivity contribution in [3.63, 3.8) is 0 Å². The molecule has 0 aliphatic carbocycles. The fourth-order valence-electron chi connectivity index (χ4n) is 1.70. The van der Waals surface area contributed by atoms with E-state index in [1.165, 1.54) is 6.33 Å². The molecule has 0 fully saturated rings. The van der Waals surface area contributed by atoms with Crippen molar-refractivity contribution in [3.05, 3.63) is 17.5 Å². The van der Waals surface area contributed by atoms with Gasteiger partial charge in [-0.05, 0) is 13.8 Å². The van der Waals surface area contributed by atoms with Gasteiger partial charge in [0.05, 0.1) is 5.60 Å². The van der Waals surface area contributed by atoms with E-state index in [2.05, 4.69) is 15.1 Å². The van der Waals surface area contributed by atoms with E-state index in [4.69, 9.17) is 11.6 Å². The first-order valence-corrected chi connectivity index (χ1v) is 5.54. The van der Waals surface area contributed by atoms with Crippen LogP contribution in [0.2, 0.25) is 5.15 Å². The quantitative estimate of drug-likeness (QED) is 0.829. The molecule has 0 aliphatic heterocycles. The molecule has 0 unspecified atom stereocenters. The number of nitrogens with zero attached hydrogens (tertiary/aromatic N) is 5. The Kier molecular flexibility index (Phi) is 2.92. The first-order chi connectivity index (χ1) is 7.87. The Morgan fingerprint density at radius 1 is 1.53 bits per heavy atom. The molecule has 2 aromatic rings. The van der Waals surface area contributed by atoms with E-state index in [1.54, 1.807) is 24.4 Å². The summed E-state index contributed by atoms with van der Waals surface area (Å²) in [6, 6.07) is 1.69. The minimum absolute atomic E-state index is 0.350. The van der Waals surface area contributed by atoms with Gasteiger partial charge < -0.3 is 10.0 Å². The number of hydrogen-bond acceptors (Lipinski definition) is 5. The van der Waals surface area contributed by atoms with Gasteiger partial charge in [0.1, 0.15) is 17.3 Å². The van der Waals surface area contributed by atoms with Crippen LogP contribution in [0.25, 0.3) is 5.78 Å². The molecule has 7 heteroatoms. The van der Waals surface area contributed by atoms with Crippen molar-refractivity contribution in [1.82, 2.24) is 19.6 Å². The number of fused-ring (bicyclic) bond motifs is 1. The highest BCUT2D eigenvalue weighted by atomic mass is 35.5. The molecular weight excluding hydrogens is 242 g/mol. The fourth-order valence-corrected chi connectivity index (χ4v) is 1.88. The van der Waals surface area contributed by atoms with E-state index in [0.29, 0.717) is 17.5 Å². The lowest BCUT2D eigenvalue weighted by Crippen LogP contribution is -2.37. The second-order valence-corrected chi connectivity index (χ2v) is 4.96. The number of aliphatic hydroxyl groups is 1. The summed E-state index contributed by atoms with van der Waals surface area (Å²) in [6.07, 6.45) is 1.42. The number of rotatable bonds is 3. The van der Waals surface area contributed by atoms with Gasteiger partial charge in [-0.25, -0.2) is 0 Å². The number of halogens is 1. The maximum Gasteiger partial charge on any atom is 0.255 e. The molecule has 1 N–H and O–H groups in total. The van der Waals surface area contributed by atoms with Crippen LogP contribution in [0.1, 0.15) is 13.8 Å². The number of aromatic nitrogens is 4. The Bertz CT molecular complexity index is 533. The number of likely N-dealkylation sites (N-methyl/N-ethyl adjacent to an activating group) is 1. The van der Waals surface area contributed by atoms with Gasteiger partial charge in [-0.2, -0.15) is 19.6 Å². The van der Waals surface area contributed by atoms with Gasteiger partial charge in [0.2, 0.25) is 0 Å². The van der Waals surface area contributed by atoms with E-state index >= 15 is 0 Å². The molecule has 6 nitrogen and oxygen atoms in total. The largest absolute Gasteiger partial charge is 0.389 e. The lowest BCUT2D eigenvalue weighted by molar-refractivity contribution is 0.0884. The van der Waals surface area contributed by atoms with Gasteiger partial charge in [-0.3, -0.25) is 0 Å². The average molecular weight is 256 g/mol. The van der Waals surface area contributed by atoms with Crippen molar-refractivity contribution in [2.75, 3.05) is 18.5 Å². The molecule has 0 aromatic carbocycles. The van der Waals surface area contributed by atoms with Crippen molar-refractivity contribution in [2.45, 2.75) is 19.4 Å². The molecule has 2 heterocycles. The lowest BCUT2D eigenvalue weighted by atomic mass is 10.1. The number of anilines is 1. The zero-order valence-corrected chi connectivity index (χ0v) is 10.7. The molecule has 0 saturated heterocycles. The Labute approximate surface area is 104 Å². The molecule has 2 aromatic heterocycles. The Hall–Kier alpha value is -1.40. The lowest BCUT2D eigenvalue weighted by Gasteiger charge is -2.27.